The number of nitrogens with one attached hydrogen (secondary N) is 1. The first-order valence-electron chi connectivity index (χ1n) is 12.7. The number of fused-ring (bicyclic) bond motifs is 1. The SMILES string of the molecule is COc1ccc(C2C(C(=O)OC3CCCCC3)=C(C)Nc3nc(SCc4ccccc4Cl)nn32)c(OC)c1. The second-order valence-electron chi connectivity index (χ2n) is 9.38. The number of methoxy groups -OCH3 is 2. The van der Waals surface area contributed by atoms with Crippen LogP contribution in [0.15, 0.2) is 58.9 Å². The van der Waals surface area contributed by atoms with E-state index >= 15 is 0 Å². The number of ether oxygens (including phenoxy) is 3. The van der Waals surface area contributed by atoms with E-state index in [1.54, 1.807) is 25.0 Å². The van der Waals surface area contributed by atoms with Gasteiger partial charge in [-0.15, -0.1) is 5.10 Å². The van der Waals surface area contributed by atoms with E-state index in [2.05, 4.69) is 5.32 Å². The van der Waals surface area contributed by atoms with Gasteiger partial charge in [0.25, 0.3) is 0 Å². The number of aromatic nitrogens is 3. The zero-order valence-corrected chi connectivity index (χ0v) is 23.3. The Morgan fingerprint density at radius 3 is 2.66 bits per heavy atom. The maximum Gasteiger partial charge on any atom is 0.338 e. The van der Waals surface area contributed by atoms with E-state index in [0.717, 1.165) is 36.8 Å². The summed E-state index contributed by atoms with van der Waals surface area (Å²) in [7, 11) is 3.21. The monoisotopic (exact) mass is 554 g/mol. The number of hydrogen-bond acceptors (Lipinski definition) is 8. The number of carbonyl (C=O) groups excluding carboxylic acids is 1. The van der Waals surface area contributed by atoms with Crippen LogP contribution in [-0.2, 0) is 15.3 Å². The van der Waals surface area contributed by atoms with Gasteiger partial charge < -0.3 is 19.5 Å². The van der Waals surface area contributed by atoms with Gasteiger partial charge in [0.15, 0.2) is 0 Å². The molecule has 0 radical (unpaired) electrons. The van der Waals surface area contributed by atoms with Gasteiger partial charge in [-0.05, 0) is 56.4 Å². The number of anilines is 1. The number of hydrogen-bond donors (Lipinski definition) is 1. The predicted octanol–water partition coefficient (Wildman–Crippen LogP) is 6.41. The standard InChI is InChI=1S/C28H31ClN4O4S/c1-17-24(26(34)37-19-10-5-4-6-11-19)25(21-14-13-20(35-2)15-23(21)36-3)33-27(30-17)31-28(32-33)38-16-18-9-7-8-12-22(18)29/h7-9,12-15,19,25H,4-6,10-11,16H2,1-3H3,(H,30,31,32). The molecule has 1 aliphatic heterocycles. The smallest absolute Gasteiger partial charge is 0.338 e. The van der Waals surface area contributed by atoms with Gasteiger partial charge in [-0.2, -0.15) is 4.98 Å². The van der Waals surface area contributed by atoms with E-state index in [1.165, 1.54) is 18.2 Å². The molecular formula is C28H31ClN4O4S. The molecule has 1 saturated carbocycles. The Morgan fingerprint density at radius 1 is 1.13 bits per heavy atom. The molecule has 38 heavy (non-hydrogen) atoms. The summed E-state index contributed by atoms with van der Waals surface area (Å²) in [6.07, 6.45) is 5.03. The zero-order valence-electron chi connectivity index (χ0n) is 21.7. The normalized spacial score (nSPS) is 17.5. The quantitative estimate of drug-likeness (QED) is 0.252. The van der Waals surface area contributed by atoms with Crippen molar-refractivity contribution >= 4 is 35.3 Å². The lowest BCUT2D eigenvalue weighted by Gasteiger charge is -2.30. The van der Waals surface area contributed by atoms with Crippen molar-refractivity contribution in [3.05, 3.63) is 69.9 Å². The van der Waals surface area contributed by atoms with Crippen molar-refractivity contribution in [3.8, 4) is 11.5 Å². The molecule has 0 spiro atoms. The fraction of sp³-hybridized carbons (Fsp3) is 0.393. The fourth-order valence-corrected chi connectivity index (χ4v) is 6.06. The van der Waals surface area contributed by atoms with Gasteiger partial charge in [-0.25, -0.2) is 9.48 Å². The maximum atomic E-state index is 13.7. The van der Waals surface area contributed by atoms with Crippen LogP contribution in [0.3, 0.4) is 0 Å². The number of allylic oxidation sites excluding steroid dienone is 1. The molecule has 0 saturated heterocycles. The molecule has 1 N–H and O–H groups in total. The van der Waals surface area contributed by atoms with Crippen molar-refractivity contribution in [2.75, 3.05) is 19.5 Å². The average Bonchev–Trinajstić information content (AvgIpc) is 3.34. The minimum atomic E-state index is -0.592. The van der Waals surface area contributed by atoms with Crippen LogP contribution in [0.4, 0.5) is 5.95 Å². The topological polar surface area (TPSA) is 87.5 Å². The lowest BCUT2D eigenvalue weighted by molar-refractivity contribution is -0.146. The van der Waals surface area contributed by atoms with Crippen LogP contribution >= 0.6 is 23.4 Å². The molecule has 1 fully saturated rings. The molecule has 1 aliphatic carbocycles. The molecule has 2 heterocycles. The first-order valence-corrected chi connectivity index (χ1v) is 14.1. The minimum Gasteiger partial charge on any atom is -0.497 e. The molecule has 1 aromatic heterocycles. The van der Waals surface area contributed by atoms with Crippen molar-refractivity contribution in [2.45, 2.75) is 62.1 Å². The predicted molar refractivity (Wildman–Crippen MR) is 148 cm³/mol. The van der Waals surface area contributed by atoms with Crippen molar-refractivity contribution < 1.29 is 19.0 Å². The minimum absolute atomic E-state index is 0.0751. The van der Waals surface area contributed by atoms with Gasteiger partial charge >= 0.3 is 5.97 Å². The Kier molecular flexibility index (Phi) is 8.14. The number of carbonyl (C=O) groups is 1. The van der Waals surface area contributed by atoms with Gasteiger partial charge in [0.1, 0.15) is 23.6 Å². The van der Waals surface area contributed by atoms with E-state index in [1.807, 2.05) is 43.3 Å². The van der Waals surface area contributed by atoms with E-state index in [9.17, 15) is 4.79 Å². The Labute approximate surface area is 231 Å². The number of esters is 1. The van der Waals surface area contributed by atoms with Gasteiger partial charge in [-0.3, -0.25) is 0 Å². The number of benzene rings is 2. The second-order valence-corrected chi connectivity index (χ2v) is 10.7. The van der Waals surface area contributed by atoms with Crippen LogP contribution in [0.25, 0.3) is 0 Å². The first-order chi connectivity index (χ1) is 18.5. The van der Waals surface area contributed by atoms with Crippen molar-refractivity contribution in [1.82, 2.24) is 14.8 Å². The van der Waals surface area contributed by atoms with Gasteiger partial charge in [0.05, 0.1) is 19.8 Å². The fourth-order valence-electron chi connectivity index (χ4n) is 4.94. The molecule has 1 unspecified atom stereocenters. The highest BCUT2D eigenvalue weighted by molar-refractivity contribution is 7.98. The zero-order chi connectivity index (χ0) is 26.6. The molecular weight excluding hydrogens is 524 g/mol. The summed E-state index contributed by atoms with van der Waals surface area (Å²) in [5.74, 6) is 2.04. The second kappa shape index (κ2) is 11.7. The van der Waals surface area contributed by atoms with Crippen molar-refractivity contribution in [1.29, 1.82) is 0 Å². The maximum absolute atomic E-state index is 13.7. The summed E-state index contributed by atoms with van der Waals surface area (Å²) >= 11 is 7.83. The molecule has 0 amide bonds. The Balaban J connectivity index is 1.52. The molecule has 200 valence electrons. The Morgan fingerprint density at radius 2 is 1.92 bits per heavy atom. The Bertz CT molecular complexity index is 1350. The third-order valence-corrected chi connectivity index (χ3v) is 8.18. The van der Waals surface area contributed by atoms with Crippen molar-refractivity contribution in [3.63, 3.8) is 0 Å². The van der Waals surface area contributed by atoms with Crippen LogP contribution in [0, 0.1) is 0 Å². The Hall–Kier alpha value is -3.17. The molecule has 1 atom stereocenters. The summed E-state index contributed by atoms with van der Waals surface area (Å²) in [6.45, 7) is 1.87. The van der Waals surface area contributed by atoms with Crippen molar-refractivity contribution in [2.24, 2.45) is 0 Å². The highest BCUT2D eigenvalue weighted by atomic mass is 35.5. The molecule has 2 aromatic carbocycles. The molecule has 8 nitrogen and oxygen atoms in total. The van der Waals surface area contributed by atoms with E-state index < -0.39 is 6.04 Å². The van der Waals surface area contributed by atoms with Crippen LogP contribution in [0.1, 0.15) is 56.2 Å². The van der Waals surface area contributed by atoms with Crippen LogP contribution in [0.5, 0.6) is 11.5 Å². The molecule has 10 heteroatoms. The summed E-state index contributed by atoms with van der Waals surface area (Å²) in [5.41, 5.74) is 2.92. The van der Waals surface area contributed by atoms with Gasteiger partial charge in [0, 0.05) is 28.1 Å². The van der Waals surface area contributed by atoms with Crippen LogP contribution in [-0.4, -0.2) is 41.1 Å². The largest absolute Gasteiger partial charge is 0.497 e. The summed E-state index contributed by atoms with van der Waals surface area (Å²) in [4.78, 5) is 18.4. The number of halogens is 1. The van der Waals surface area contributed by atoms with Crippen LogP contribution < -0.4 is 14.8 Å². The molecule has 2 aliphatic rings. The van der Waals surface area contributed by atoms with E-state index in [0.29, 0.717) is 44.6 Å². The average molecular weight is 555 g/mol. The molecule has 5 rings (SSSR count). The third-order valence-electron chi connectivity index (χ3n) is 6.93. The lowest BCUT2D eigenvalue weighted by atomic mass is 9.94. The first kappa shape index (κ1) is 26.4. The number of rotatable bonds is 8. The highest BCUT2D eigenvalue weighted by Crippen LogP contribution is 2.42. The van der Waals surface area contributed by atoms with Gasteiger partial charge in [-0.1, -0.05) is 48.0 Å². The number of thioether (sulfide) groups is 1. The number of nitrogens with zero attached hydrogens (tertiary/aromatic N) is 3. The summed E-state index contributed by atoms with van der Waals surface area (Å²) in [5, 5.41) is 9.37. The lowest BCUT2D eigenvalue weighted by Crippen LogP contribution is -2.32. The summed E-state index contributed by atoms with van der Waals surface area (Å²) in [6, 6.07) is 12.7. The third kappa shape index (κ3) is 5.49. The van der Waals surface area contributed by atoms with Crippen LogP contribution in [0.2, 0.25) is 5.02 Å². The van der Waals surface area contributed by atoms with Gasteiger partial charge in [0.2, 0.25) is 11.1 Å². The summed E-state index contributed by atoms with van der Waals surface area (Å²) < 4.78 is 18.9. The highest BCUT2D eigenvalue weighted by Gasteiger charge is 2.38. The molecule has 0 bridgehead atoms. The van der Waals surface area contributed by atoms with E-state index in [-0.39, 0.29) is 12.1 Å². The molecule has 3 aromatic rings. The van der Waals surface area contributed by atoms with E-state index in [4.69, 9.17) is 35.9 Å².